The molecule has 0 spiro atoms. The molecular formula is C20H18N2O. The van der Waals surface area contributed by atoms with Crippen LogP contribution >= 0.6 is 0 Å². The van der Waals surface area contributed by atoms with Crippen LogP contribution in [0, 0.1) is 0 Å². The number of nitrogens with one attached hydrogen (secondary N) is 1. The van der Waals surface area contributed by atoms with Gasteiger partial charge < -0.3 is 5.32 Å². The van der Waals surface area contributed by atoms with Crippen molar-refractivity contribution in [3.8, 4) is 0 Å². The number of hydrogen-bond donors (Lipinski definition) is 1. The minimum atomic E-state index is -0.0952. The second-order valence-electron chi connectivity index (χ2n) is 5.41. The lowest BCUT2D eigenvalue weighted by Gasteiger charge is -2.18. The molecule has 2 aromatic carbocycles. The van der Waals surface area contributed by atoms with Gasteiger partial charge in [-0.05, 0) is 23.3 Å². The predicted molar refractivity (Wildman–Crippen MR) is 92.4 cm³/mol. The lowest BCUT2D eigenvalue weighted by atomic mass is 9.88. The molecule has 0 saturated carbocycles. The number of benzene rings is 2. The van der Waals surface area contributed by atoms with Crippen LogP contribution in [0.15, 0.2) is 79.0 Å². The summed E-state index contributed by atoms with van der Waals surface area (Å²) in [5.74, 6) is -0.0222. The first kappa shape index (κ1) is 15.0. The van der Waals surface area contributed by atoms with Crippen LogP contribution in [-0.2, 0) is 4.79 Å². The number of nitrogens with zero attached hydrogens (tertiary/aromatic N) is 1. The zero-order chi connectivity index (χ0) is 16.1. The van der Waals surface area contributed by atoms with Crippen molar-refractivity contribution in [3.63, 3.8) is 0 Å². The Morgan fingerprint density at radius 1 is 0.870 bits per heavy atom. The first-order valence-corrected chi connectivity index (χ1v) is 7.57. The highest BCUT2D eigenvalue weighted by Gasteiger charge is 2.17. The van der Waals surface area contributed by atoms with Crippen molar-refractivity contribution in [3.05, 3.63) is 95.8 Å². The van der Waals surface area contributed by atoms with Crippen LogP contribution in [0.4, 0.5) is 5.69 Å². The molecule has 1 heterocycles. The quantitative estimate of drug-likeness (QED) is 0.784. The van der Waals surface area contributed by atoms with Crippen molar-refractivity contribution in [1.82, 2.24) is 4.98 Å². The fourth-order valence-electron chi connectivity index (χ4n) is 2.68. The van der Waals surface area contributed by atoms with Crippen LogP contribution in [0.1, 0.15) is 29.7 Å². The van der Waals surface area contributed by atoms with Crippen LogP contribution in [0.3, 0.4) is 0 Å². The van der Waals surface area contributed by atoms with Gasteiger partial charge >= 0.3 is 0 Å². The molecule has 0 unspecified atom stereocenters. The fraction of sp³-hybridized carbons (Fsp3) is 0.100. The van der Waals surface area contributed by atoms with E-state index in [1.54, 1.807) is 6.20 Å². The third-order valence-corrected chi connectivity index (χ3v) is 3.67. The number of rotatable bonds is 4. The summed E-state index contributed by atoms with van der Waals surface area (Å²) < 4.78 is 0. The van der Waals surface area contributed by atoms with Gasteiger partial charge in [0.1, 0.15) is 0 Å². The van der Waals surface area contributed by atoms with Gasteiger partial charge in [-0.15, -0.1) is 0 Å². The van der Waals surface area contributed by atoms with Gasteiger partial charge in [-0.3, -0.25) is 9.78 Å². The van der Waals surface area contributed by atoms with E-state index in [2.05, 4.69) is 34.6 Å². The van der Waals surface area contributed by atoms with E-state index >= 15 is 0 Å². The fourth-order valence-corrected chi connectivity index (χ4v) is 2.68. The number of hydrogen-bond acceptors (Lipinski definition) is 2. The zero-order valence-corrected chi connectivity index (χ0v) is 12.9. The predicted octanol–water partition coefficient (Wildman–Crippen LogP) is 4.22. The highest BCUT2D eigenvalue weighted by Crippen LogP contribution is 2.30. The van der Waals surface area contributed by atoms with Crippen molar-refractivity contribution < 1.29 is 4.79 Å². The number of pyridine rings is 1. The molecule has 114 valence electrons. The summed E-state index contributed by atoms with van der Waals surface area (Å²) in [6.45, 7) is 1.49. The maximum atomic E-state index is 11.1. The van der Waals surface area contributed by atoms with E-state index in [4.69, 9.17) is 0 Å². The number of anilines is 1. The maximum absolute atomic E-state index is 11.1. The van der Waals surface area contributed by atoms with Crippen LogP contribution in [0.5, 0.6) is 0 Å². The molecule has 3 rings (SSSR count). The topological polar surface area (TPSA) is 42.0 Å². The second-order valence-corrected chi connectivity index (χ2v) is 5.41. The van der Waals surface area contributed by atoms with Crippen molar-refractivity contribution in [2.75, 3.05) is 5.32 Å². The molecule has 0 bridgehead atoms. The Morgan fingerprint density at radius 2 is 1.43 bits per heavy atom. The summed E-state index contributed by atoms with van der Waals surface area (Å²) in [6, 6.07) is 24.5. The molecular weight excluding hydrogens is 284 g/mol. The SMILES string of the molecule is CC(=O)Nc1ccc(C(c2ccccc2)c2ccccc2)nc1. The molecule has 0 aliphatic carbocycles. The Morgan fingerprint density at radius 3 is 1.87 bits per heavy atom. The van der Waals surface area contributed by atoms with Crippen LogP contribution in [0.25, 0.3) is 0 Å². The zero-order valence-electron chi connectivity index (χ0n) is 12.9. The van der Waals surface area contributed by atoms with Gasteiger partial charge in [0.15, 0.2) is 0 Å². The van der Waals surface area contributed by atoms with Gasteiger partial charge in [-0.1, -0.05) is 60.7 Å². The Labute approximate surface area is 136 Å². The monoisotopic (exact) mass is 302 g/mol. The van der Waals surface area contributed by atoms with Crippen molar-refractivity contribution in [2.24, 2.45) is 0 Å². The van der Waals surface area contributed by atoms with E-state index in [-0.39, 0.29) is 11.8 Å². The molecule has 1 N–H and O–H groups in total. The third kappa shape index (κ3) is 3.64. The van der Waals surface area contributed by atoms with Gasteiger partial charge in [-0.25, -0.2) is 0 Å². The van der Waals surface area contributed by atoms with Crippen LogP contribution in [-0.4, -0.2) is 10.9 Å². The first-order chi connectivity index (χ1) is 11.2. The first-order valence-electron chi connectivity index (χ1n) is 7.57. The average Bonchev–Trinajstić information content (AvgIpc) is 2.58. The molecule has 0 aliphatic heterocycles. The Hall–Kier alpha value is -2.94. The number of carbonyl (C=O) groups is 1. The second kappa shape index (κ2) is 6.88. The van der Waals surface area contributed by atoms with Crippen molar-refractivity contribution in [2.45, 2.75) is 12.8 Å². The lowest BCUT2D eigenvalue weighted by Crippen LogP contribution is -2.08. The molecule has 0 fully saturated rings. The minimum Gasteiger partial charge on any atom is -0.325 e. The molecule has 1 amide bonds. The summed E-state index contributed by atoms with van der Waals surface area (Å²) in [6.07, 6.45) is 1.70. The molecule has 0 atom stereocenters. The van der Waals surface area contributed by atoms with E-state index < -0.39 is 0 Å². The molecule has 1 aromatic heterocycles. The van der Waals surface area contributed by atoms with E-state index in [0.717, 1.165) is 5.69 Å². The van der Waals surface area contributed by atoms with Crippen molar-refractivity contribution in [1.29, 1.82) is 0 Å². The lowest BCUT2D eigenvalue weighted by molar-refractivity contribution is -0.114. The van der Waals surface area contributed by atoms with Crippen molar-refractivity contribution >= 4 is 11.6 Å². The van der Waals surface area contributed by atoms with Gasteiger partial charge in [0.25, 0.3) is 0 Å². The summed E-state index contributed by atoms with van der Waals surface area (Å²) in [5, 5.41) is 2.75. The van der Waals surface area contributed by atoms with E-state index in [1.807, 2.05) is 48.5 Å². The summed E-state index contributed by atoms with van der Waals surface area (Å²) in [5.41, 5.74) is 4.05. The molecule has 3 aromatic rings. The molecule has 0 radical (unpaired) electrons. The van der Waals surface area contributed by atoms with Crippen LogP contribution < -0.4 is 5.32 Å². The number of aromatic nitrogens is 1. The summed E-state index contributed by atoms with van der Waals surface area (Å²) in [4.78, 5) is 15.7. The Balaban J connectivity index is 2.00. The molecule has 0 aliphatic rings. The minimum absolute atomic E-state index is 0.0729. The largest absolute Gasteiger partial charge is 0.325 e. The van der Waals surface area contributed by atoms with E-state index in [0.29, 0.717) is 5.69 Å². The van der Waals surface area contributed by atoms with E-state index in [9.17, 15) is 4.79 Å². The highest BCUT2D eigenvalue weighted by atomic mass is 16.1. The summed E-state index contributed by atoms with van der Waals surface area (Å²) >= 11 is 0. The van der Waals surface area contributed by atoms with Gasteiger partial charge in [0.05, 0.1) is 23.5 Å². The van der Waals surface area contributed by atoms with Gasteiger partial charge in [0, 0.05) is 6.92 Å². The number of amides is 1. The third-order valence-electron chi connectivity index (χ3n) is 3.67. The molecule has 23 heavy (non-hydrogen) atoms. The van der Waals surface area contributed by atoms with Crippen LogP contribution in [0.2, 0.25) is 0 Å². The Kier molecular flexibility index (Phi) is 4.48. The number of carbonyl (C=O) groups excluding carboxylic acids is 1. The smallest absolute Gasteiger partial charge is 0.221 e. The summed E-state index contributed by atoms with van der Waals surface area (Å²) in [7, 11) is 0. The average molecular weight is 302 g/mol. The Bertz CT molecular complexity index is 728. The standard InChI is InChI=1S/C20H18N2O/c1-15(23)22-18-12-13-19(21-14-18)20(16-8-4-2-5-9-16)17-10-6-3-7-11-17/h2-14,20H,1H3,(H,22,23). The van der Waals surface area contributed by atoms with E-state index in [1.165, 1.54) is 18.1 Å². The van der Waals surface area contributed by atoms with Gasteiger partial charge in [-0.2, -0.15) is 0 Å². The maximum Gasteiger partial charge on any atom is 0.221 e. The molecule has 0 saturated heterocycles. The molecule has 3 heteroatoms. The normalized spacial score (nSPS) is 10.5. The van der Waals surface area contributed by atoms with Gasteiger partial charge in [0.2, 0.25) is 5.91 Å². The molecule has 3 nitrogen and oxygen atoms in total. The highest BCUT2D eigenvalue weighted by molar-refractivity contribution is 5.88.